The SMILES string of the molecule is Cc1ccc(CN(C)c2cc(CO)c(Cl)cn2)o1. The monoisotopic (exact) mass is 266 g/mol. The van der Waals surface area contributed by atoms with E-state index in [9.17, 15) is 0 Å². The summed E-state index contributed by atoms with van der Waals surface area (Å²) in [5.74, 6) is 2.51. The van der Waals surface area contributed by atoms with Gasteiger partial charge in [0, 0.05) is 18.8 Å². The van der Waals surface area contributed by atoms with Crippen molar-refractivity contribution in [3.63, 3.8) is 0 Å². The van der Waals surface area contributed by atoms with Crippen LogP contribution in [-0.4, -0.2) is 17.1 Å². The van der Waals surface area contributed by atoms with Crippen molar-refractivity contribution < 1.29 is 9.52 Å². The van der Waals surface area contributed by atoms with Gasteiger partial charge in [0.2, 0.25) is 0 Å². The quantitative estimate of drug-likeness (QED) is 0.924. The fourth-order valence-electron chi connectivity index (χ4n) is 1.68. The highest BCUT2D eigenvalue weighted by molar-refractivity contribution is 6.31. The molecule has 0 fully saturated rings. The van der Waals surface area contributed by atoms with Crippen LogP contribution in [0.15, 0.2) is 28.8 Å². The molecule has 18 heavy (non-hydrogen) atoms. The summed E-state index contributed by atoms with van der Waals surface area (Å²) in [6, 6.07) is 5.64. The smallest absolute Gasteiger partial charge is 0.129 e. The minimum Gasteiger partial charge on any atom is -0.464 e. The van der Waals surface area contributed by atoms with Gasteiger partial charge in [-0.05, 0) is 25.1 Å². The van der Waals surface area contributed by atoms with E-state index in [-0.39, 0.29) is 6.61 Å². The van der Waals surface area contributed by atoms with E-state index in [2.05, 4.69) is 4.98 Å². The second-order valence-corrected chi connectivity index (χ2v) is 4.57. The van der Waals surface area contributed by atoms with E-state index < -0.39 is 0 Å². The van der Waals surface area contributed by atoms with E-state index in [1.165, 1.54) is 0 Å². The molecule has 0 aliphatic heterocycles. The van der Waals surface area contributed by atoms with Gasteiger partial charge < -0.3 is 14.4 Å². The molecule has 2 aromatic rings. The Labute approximate surface area is 111 Å². The molecule has 0 amide bonds. The average molecular weight is 267 g/mol. The first-order chi connectivity index (χ1) is 8.60. The van der Waals surface area contributed by atoms with Crippen LogP contribution in [-0.2, 0) is 13.2 Å². The summed E-state index contributed by atoms with van der Waals surface area (Å²) in [5, 5.41) is 9.64. The Balaban J connectivity index is 2.15. The molecule has 0 aliphatic carbocycles. The number of aliphatic hydroxyl groups is 1. The van der Waals surface area contributed by atoms with Crippen molar-refractivity contribution in [1.82, 2.24) is 4.98 Å². The second kappa shape index (κ2) is 5.42. The zero-order valence-electron chi connectivity index (χ0n) is 10.4. The summed E-state index contributed by atoms with van der Waals surface area (Å²) >= 11 is 5.91. The average Bonchev–Trinajstić information content (AvgIpc) is 2.75. The van der Waals surface area contributed by atoms with Crippen LogP contribution in [0.1, 0.15) is 17.1 Å². The van der Waals surface area contributed by atoms with E-state index in [0.29, 0.717) is 17.1 Å². The van der Waals surface area contributed by atoms with Gasteiger partial charge in [-0.3, -0.25) is 0 Å². The molecule has 0 saturated heterocycles. The van der Waals surface area contributed by atoms with Gasteiger partial charge >= 0.3 is 0 Å². The fourth-order valence-corrected chi connectivity index (χ4v) is 1.85. The molecule has 0 radical (unpaired) electrons. The lowest BCUT2D eigenvalue weighted by atomic mass is 10.2. The van der Waals surface area contributed by atoms with E-state index in [1.54, 1.807) is 12.3 Å². The van der Waals surface area contributed by atoms with Gasteiger partial charge in [-0.1, -0.05) is 11.6 Å². The van der Waals surface area contributed by atoms with Gasteiger partial charge in [0.05, 0.1) is 18.2 Å². The summed E-state index contributed by atoms with van der Waals surface area (Å²) in [4.78, 5) is 6.17. The lowest BCUT2D eigenvalue weighted by molar-refractivity contribution is 0.282. The fraction of sp³-hybridized carbons (Fsp3) is 0.308. The van der Waals surface area contributed by atoms with Gasteiger partial charge in [-0.15, -0.1) is 0 Å². The van der Waals surface area contributed by atoms with Crippen LogP contribution in [0.4, 0.5) is 5.82 Å². The van der Waals surface area contributed by atoms with Crippen molar-refractivity contribution in [2.75, 3.05) is 11.9 Å². The van der Waals surface area contributed by atoms with Crippen LogP contribution >= 0.6 is 11.6 Å². The summed E-state index contributed by atoms with van der Waals surface area (Å²) in [6.07, 6.45) is 1.55. The maximum Gasteiger partial charge on any atom is 0.129 e. The van der Waals surface area contributed by atoms with Crippen molar-refractivity contribution in [3.05, 3.63) is 46.5 Å². The summed E-state index contributed by atoms with van der Waals surface area (Å²) < 4.78 is 5.51. The molecular formula is C13H15ClN2O2. The Morgan fingerprint density at radius 2 is 2.22 bits per heavy atom. The first-order valence-electron chi connectivity index (χ1n) is 5.62. The summed E-state index contributed by atoms with van der Waals surface area (Å²) in [5.41, 5.74) is 0.671. The van der Waals surface area contributed by atoms with E-state index in [1.807, 2.05) is 31.0 Å². The minimum absolute atomic E-state index is 0.0952. The van der Waals surface area contributed by atoms with Crippen molar-refractivity contribution in [2.45, 2.75) is 20.1 Å². The van der Waals surface area contributed by atoms with Crippen molar-refractivity contribution >= 4 is 17.4 Å². The molecule has 0 spiro atoms. The van der Waals surface area contributed by atoms with E-state index >= 15 is 0 Å². The third-order valence-corrected chi connectivity index (χ3v) is 3.01. The van der Waals surface area contributed by atoms with Crippen LogP contribution in [0.2, 0.25) is 5.02 Å². The van der Waals surface area contributed by atoms with Gasteiger partial charge in [0.1, 0.15) is 17.3 Å². The Hall–Kier alpha value is -1.52. The van der Waals surface area contributed by atoms with Crippen LogP contribution in [0.5, 0.6) is 0 Å². The topological polar surface area (TPSA) is 49.5 Å². The van der Waals surface area contributed by atoms with Crippen molar-refractivity contribution in [3.8, 4) is 0 Å². The van der Waals surface area contributed by atoms with Crippen molar-refractivity contribution in [1.29, 1.82) is 0 Å². The molecule has 2 aromatic heterocycles. The number of anilines is 1. The molecule has 96 valence electrons. The number of aromatic nitrogens is 1. The van der Waals surface area contributed by atoms with Gasteiger partial charge in [-0.25, -0.2) is 4.98 Å². The number of halogens is 1. The molecule has 4 nitrogen and oxygen atoms in total. The molecule has 0 bridgehead atoms. The van der Waals surface area contributed by atoms with Crippen LogP contribution in [0.25, 0.3) is 0 Å². The molecule has 5 heteroatoms. The summed E-state index contributed by atoms with van der Waals surface area (Å²) in [7, 11) is 1.91. The largest absolute Gasteiger partial charge is 0.464 e. The third-order valence-electron chi connectivity index (χ3n) is 2.67. The minimum atomic E-state index is -0.0952. The molecule has 0 atom stereocenters. The Morgan fingerprint density at radius 1 is 1.44 bits per heavy atom. The van der Waals surface area contributed by atoms with Gasteiger partial charge in [0.25, 0.3) is 0 Å². The zero-order valence-corrected chi connectivity index (χ0v) is 11.1. The van der Waals surface area contributed by atoms with Crippen LogP contribution in [0.3, 0.4) is 0 Å². The van der Waals surface area contributed by atoms with E-state index in [4.69, 9.17) is 21.1 Å². The Bertz CT molecular complexity index is 540. The number of aliphatic hydroxyl groups excluding tert-OH is 1. The zero-order chi connectivity index (χ0) is 13.1. The van der Waals surface area contributed by atoms with Crippen molar-refractivity contribution in [2.24, 2.45) is 0 Å². The molecule has 1 N–H and O–H groups in total. The number of aryl methyl sites for hydroxylation is 1. The number of pyridine rings is 1. The molecule has 0 unspecified atom stereocenters. The third kappa shape index (κ3) is 2.83. The molecule has 0 aromatic carbocycles. The molecule has 0 saturated carbocycles. The number of rotatable bonds is 4. The molecule has 2 rings (SSSR count). The normalized spacial score (nSPS) is 10.7. The highest BCUT2D eigenvalue weighted by atomic mass is 35.5. The highest BCUT2D eigenvalue weighted by Crippen LogP contribution is 2.21. The molecule has 0 aliphatic rings. The van der Waals surface area contributed by atoms with Crippen LogP contribution in [0, 0.1) is 6.92 Å². The standard InChI is InChI=1S/C13H15ClN2O2/c1-9-3-4-11(18-9)7-16(2)13-5-10(8-17)12(14)6-15-13/h3-6,17H,7-8H2,1-2H3. The lowest BCUT2D eigenvalue weighted by Gasteiger charge is -2.17. The predicted octanol–water partition coefficient (Wildman–Crippen LogP) is 2.77. The first-order valence-corrected chi connectivity index (χ1v) is 5.99. The maximum absolute atomic E-state index is 9.17. The number of furan rings is 1. The predicted molar refractivity (Wildman–Crippen MR) is 70.7 cm³/mol. The number of hydrogen-bond acceptors (Lipinski definition) is 4. The Morgan fingerprint density at radius 3 is 2.83 bits per heavy atom. The molecular weight excluding hydrogens is 252 g/mol. The summed E-state index contributed by atoms with van der Waals surface area (Å²) in [6.45, 7) is 2.43. The van der Waals surface area contributed by atoms with Crippen LogP contribution < -0.4 is 4.90 Å². The molecule has 2 heterocycles. The lowest BCUT2D eigenvalue weighted by Crippen LogP contribution is -2.17. The number of hydrogen-bond donors (Lipinski definition) is 1. The first kappa shape index (κ1) is 12.9. The second-order valence-electron chi connectivity index (χ2n) is 4.16. The van der Waals surface area contributed by atoms with Gasteiger partial charge in [-0.2, -0.15) is 0 Å². The van der Waals surface area contributed by atoms with Gasteiger partial charge in [0.15, 0.2) is 0 Å². The highest BCUT2D eigenvalue weighted by Gasteiger charge is 2.09. The number of nitrogens with zero attached hydrogens (tertiary/aromatic N) is 2. The Kier molecular flexibility index (Phi) is 3.89. The maximum atomic E-state index is 9.17. The van der Waals surface area contributed by atoms with E-state index in [0.717, 1.165) is 17.3 Å².